The van der Waals surface area contributed by atoms with E-state index >= 15 is 0 Å². The number of pyridine rings is 1. The van der Waals surface area contributed by atoms with Crippen LogP contribution in [0.3, 0.4) is 0 Å². The van der Waals surface area contributed by atoms with E-state index in [1.54, 1.807) is 19.3 Å². The zero-order valence-corrected chi connectivity index (χ0v) is 6.20. The van der Waals surface area contributed by atoms with Gasteiger partial charge in [0.15, 0.2) is 0 Å². The van der Waals surface area contributed by atoms with Crippen LogP contribution < -0.4 is 5.46 Å². The predicted molar refractivity (Wildman–Crippen MR) is 43.0 cm³/mol. The van der Waals surface area contributed by atoms with Crippen LogP contribution in [0.2, 0.25) is 0 Å². The topological polar surface area (TPSA) is 33.1 Å². The van der Waals surface area contributed by atoms with Gasteiger partial charge in [-0.2, -0.15) is 0 Å². The van der Waals surface area contributed by atoms with Crippen molar-refractivity contribution in [2.75, 3.05) is 0 Å². The second kappa shape index (κ2) is 2.84. The third kappa shape index (κ3) is 1.36. The summed E-state index contributed by atoms with van der Waals surface area (Å²) in [5.41, 5.74) is 1.99. The maximum Gasteiger partial charge on any atom is 0.141 e. The summed E-state index contributed by atoms with van der Waals surface area (Å²) >= 11 is 0. The molecule has 1 heterocycles. The summed E-state index contributed by atoms with van der Waals surface area (Å²) in [6.07, 6.45) is 3.06. The summed E-state index contributed by atoms with van der Waals surface area (Å²) in [4.78, 5) is 3.92. The number of nitrogens with zero attached hydrogens (tertiary/aromatic N) is 1. The number of rotatable bonds is 1. The van der Waals surface area contributed by atoms with E-state index in [0.29, 0.717) is 0 Å². The van der Waals surface area contributed by atoms with Crippen LogP contribution in [-0.4, -0.2) is 17.9 Å². The number of aromatic nitrogens is 1. The van der Waals surface area contributed by atoms with Gasteiger partial charge in [-0.05, 0) is 18.6 Å². The minimum absolute atomic E-state index is 0.386. The molecule has 52 valence electrons. The molecule has 1 unspecified atom stereocenters. The van der Waals surface area contributed by atoms with Crippen molar-refractivity contribution in [2.24, 2.45) is 0 Å². The van der Waals surface area contributed by atoms with Crippen molar-refractivity contribution in [2.45, 2.75) is 13.0 Å². The van der Waals surface area contributed by atoms with Crippen LogP contribution in [-0.2, 0) is 0 Å². The van der Waals surface area contributed by atoms with E-state index in [1.165, 1.54) is 0 Å². The Labute approximate surface area is 61.3 Å². The van der Waals surface area contributed by atoms with Gasteiger partial charge in [-0.3, -0.25) is 4.98 Å². The fourth-order valence-electron chi connectivity index (χ4n) is 0.953. The van der Waals surface area contributed by atoms with E-state index in [0.717, 1.165) is 11.0 Å². The molecule has 0 saturated carbocycles. The number of hydrogen-bond acceptors (Lipinski definition) is 2. The summed E-state index contributed by atoms with van der Waals surface area (Å²) in [6, 6.07) is 1.83. The highest BCUT2D eigenvalue weighted by atomic mass is 16.3. The molecule has 0 fully saturated rings. The minimum Gasteiger partial charge on any atom is -0.389 e. The SMILES string of the molecule is Bc1cnccc1C(C)O. The fraction of sp³-hybridized carbons (Fsp3) is 0.286. The molecule has 0 spiro atoms. The average molecular weight is 135 g/mol. The van der Waals surface area contributed by atoms with Crippen molar-refractivity contribution in [1.82, 2.24) is 4.98 Å². The highest BCUT2D eigenvalue weighted by molar-refractivity contribution is 6.33. The van der Waals surface area contributed by atoms with Crippen molar-refractivity contribution < 1.29 is 5.11 Å². The summed E-state index contributed by atoms with van der Waals surface area (Å²) in [7, 11) is 1.94. The maximum atomic E-state index is 9.18. The van der Waals surface area contributed by atoms with E-state index in [2.05, 4.69) is 4.98 Å². The number of hydrogen-bond donors (Lipinski definition) is 1. The normalized spacial score (nSPS) is 13.0. The molecule has 0 bridgehead atoms. The first-order valence-corrected chi connectivity index (χ1v) is 3.30. The van der Waals surface area contributed by atoms with E-state index in [4.69, 9.17) is 0 Å². The van der Waals surface area contributed by atoms with Gasteiger partial charge in [-0.15, -0.1) is 0 Å². The molecule has 0 amide bonds. The summed E-state index contributed by atoms with van der Waals surface area (Å²) in [6.45, 7) is 1.75. The van der Waals surface area contributed by atoms with Crippen LogP contribution in [0.4, 0.5) is 0 Å². The van der Waals surface area contributed by atoms with Gasteiger partial charge in [0, 0.05) is 12.4 Å². The van der Waals surface area contributed by atoms with Gasteiger partial charge in [0.1, 0.15) is 7.85 Å². The van der Waals surface area contributed by atoms with Gasteiger partial charge >= 0.3 is 0 Å². The molecular weight excluding hydrogens is 125 g/mol. The number of aliphatic hydroxyl groups excluding tert-OH is 1. The largest absolute Gasteiger partial charge is 0.389 e. The quantitative estimate of drug-likeness (QED) is 0.521. The first-order chi connectivity index (χ1) is 4.72. The molecule has 1 atom stereocenters. The lowest BCUT2D eigenvalue weighted by Gasteiger charge is -2.06. The Morgan fingerprint density at radius 1 is 1.70 bits per heavy atom. The molecule has 0 aliphatic carbocycles. The Hall–Kier alpha value is -0.825. The van der Waals surface area contributed by atoms with Crippen molar-refractivity contribution in [3.63, 3.8) is 0 Å². The van der Waals surface area contributed by atoms with Gasteiger partial charge in [0.25, 0.3) is 0 Å². The van der Waals surface area contributed by atoms with Crippen LogP contribution in [0.25, 0.3) is 0 Å². The van der Waals surface area contributed by atoms with Crippen LogP contribution in [0.1, 0.15) is 18.6 Å². The van der Waals surface area contributed by atoms with Crippen LogP contribution in [0.15, 0.2) is 18.5 Å². The molecule has 1 aromatic heterocycles. The van der Waals surface area contributed by atoms with Gasteiger partial charge in [-0.1, -0.05) is 5.46 Å². The molecule has 10 heavy (non-hydrogen) atoms. The Morgan fingerprint density at radius 2 is 2.40 bits per heavy atom. The molecule has 1 aromatic rings. The van der Waals surface area contributed by atoms with Crippen LogP contribution in [0.5, 0.6) is 0 Å². The van der Waals surface area contributed by atoms with Gasteiger partial charge in [-0.25, -0.2) is 0 Å². The second-order valence-corrected chi connectivity index (χ2v) is 2.41. The third-order valence-electron chi connectivity index (χ3n) is 1.51. The van der Waals surface area contributed by atoms with E-state index in [9.17, 15) is 5.11 Å². The maximum absolute atomic E-state index is 9.18. The lowest BCUT2D eigenvalue weighted by Crippen LogP contribution is -2.12. The lowest BCUT2D eigenvalue weighted by atomic mass is 9.91. The first-order valence-electron chi connectivity index (χ1n) is 3.30. The third-order valence-corrected chi connectivity index (χ3v) is 1.51. The Kier molecular flexibility index (Phi) is 2.07. The van der Waals surface area contributed by atoms with Crippen LogP contribution in [0, 0.1) is 0 Å². The highest BCUT2D eigenvalue weighted by Gasteiger charge is 2.01. The second-order valence-electron chi connectivity index (χ2n) is 2.41. The zero-order valence-electron chi connectivity index (χ0n) is 6.20. The molecule has 2 nitrogen and oxygen atoms in total. The average Bonchev–Trinajstić information content (AvgIpc) is 1.88. The minimum atomic E-state index is -0.386. The first kappa shape index (κ1) is 7.28. The van der Waals surface area contributed by atoms with E-state index in [-0.39, 0.29) is 6.10 Å². The molecule has 3 heteroatoms. The molecule has 0 aliphatic heterocycles. The van der Waals surface area contributed by atoms with Gasteiger partial charge in [0.2, 0.25) is 0 Å². The highest BCUT2D eigenvalue weighted by Crippen LogP contribution is 2.05. The van der Waals surface area contributed by atoms with Gasteiger partial charge in [0.05, 0.1) is 6.10 Å². The molecule has 0 saturated heterocycles. The molecule has 1 N–H and O–H groups in total. The Bertz CT molecular complexity index is 225. The summed E-state index contributed by atoms with van der Waals surface area (Å²) < 4.78 is 0. The molecule has 1 rings (SSSR count). The zero-order chi connectivity index (χ0) is 7.56. The van der Waals surface area contributed by atoms with E-state index < -0.39 is 0 Å². The smallest absolute Gasteiger partial charge is 0.141 e. The lowest BCUT2D eigenvalue weighted by molar-refractivity contribution is 0.200. The fourth-order valence-corrected chi connectivity index (χ4v) is 0.953. The Morgan fingerprint density at radius 3 is 2.80 bits per heavy atom. The number of aliphatic hydroxyl groups is 1. The molecule has 0 aromatic carbocycles. The summed E-state index contributed by atoms with van der Waals surface area (Å²) in [5, 5.41) is 9.18. The standard InChI is InChI=1S/C7H10BNO/c1-5(10)6-2-3-9-4-7(6)8/h2-5,10H,8H2,1H3. The summed E-state index contributed by atoms with van der Waals surface area (Å²) in [5.74, 6) is 0. The van der Waals surface area contributed by atoms with Crippen molar-refractivity contribution in [3.05, 3.63) is 24.0 Å². The van der Waals surface area contributed by atoms with Crippen molar-refractivity contribution in [1.29, 1.82) is 0 Å². The molecular formula is C7H10BNO. The van der Waals surface area contributed by atoms with Crippen molar-refractivity contribution in [3.8, 4) is 0 Å². The predicted octanol–water partition coefficient (Wildman–Crippen LogP) is -0.607. The Balaban J connectivity index is 3.03. The van der Waals surface area contributed by atoms with Gasteiger partial charge < -0.3 is 5.11 Å². The monoisotopic (exact) mass is 135 g/mol. The van der Waals surface area contributed by atoms with Crippen molar-refractivity contribution >= 4 is 13.3 Å². The molecule has 0 radical (unpaired) electrons. The van der Waals surface area contributed by atoms with Crippen LogP contribution >= 0.6 is 0 Å². The molecule has 0 aliphatic rings. The van der Waals surface area contributed by atoms with E-state index in [1.807, 2.05) is 13.9 Å².